The molecule has 0 amide bonds. The zero-order valence-corrected chi connectivity index (χ0v) is 14.4. The van der Waals surface area contributed by atoms with E-state index in [2.05, 4.69) is 11.1 Å². The fourth-order valence-corrected chi connectivity index (χ4v) is 3.94. The van der Waals surface area contributed by atoms with Crippen molar-refractivity contribution in [3.63, 3.8) is 0 Å². The van der Waals surface area contributed by atoms with E-state index in [0.29, 0.717) is 19.0 Å². The van der Waals surface area contributed by atoms with E-state index >= 15 is 0 Å². The molecule has 0 N–H and O–H groups in total. The summed E-state index contributed by atoms with van der Waals surface area (Å²) < 4.78 is 34.1. The van der Waals surface area contributed by atoms with Gasteiger partial charge in [0.05, 0.1) is 12.7 Å². The van der Waals surface area contributed by atoms with Gasteiger partial charge in [-0.25, -0.2) is 13.4 Å². The molecule has 0 radical (unpaired) electrons. The number of imidazole rings is 1. The lowest BCUT2D eigenvalue weighted by atomic mass is 9.99. The van der Waals surface area contributed by atoms with E-state index in [1.54, 1.807) is 25.6 Å². The highest BCUT2D eigenvalue weighted by Crippen LogP contribution is 2.22. The second kappa shape index (κ2) is 6.07. The van der Waals surface area contributed by atoms with Gasteiger partial charge in [0.25, 0.3) is 10.0 Å². The SMILES string of the molecule is Cc1nc(S(=O)(=O)N(C)C[C@H]2Cc3ccccc3CO2)cn1C. The van der Waals surface area contributed by atoms with E-state index in [1.807, 2.05) is 18.2 Å². The maximum atomic E-state index is 12.6. The first-order valence-corrected chi connectivity index (χ1v) is 8.96. The van der Waals surface area contributed by atoms with E-state index in [9.17, 15) is 8.42 Å². The van der Waals surface area contributed by atoms with Crippen LogP contribution in [0.25, 0.3) is 0 Å². The molecule has 2 heterocycles. The zero-order chi connectivity index (χ0) is 16.6. The number of fused-ring (bicyclic) bond motifs is 1. The Hall–Kier alpha value is -1.70. The van der Waals surface area contributed by atoms with Crippen molar-refractivity contribution >= 4 is 10.0 Å². The van der Waals surface area contributed by atoms with Crippen molar-refractivity contribution in [2.45, 2.75) is 31.1 Å². The number of benzene rings is 1. The van der Waals surface area contributed by atoms with Crippen molar-refractivity contribution in [3.05, 3.63) is 47.4 Å². The van der Waals surface area contributed by atoms with Crippen LogP contribution in [0.2, 0.25) is 0 Å². The van der Waals surface area contributed by atoms with E-state index in [-0.39, 0.29) is 11.1 Å². The first kappa shape index (κ1) is 16.2. The molecule has 124 valence electrons. The number of sulfonamides is 1. The number of nitrogens with zero attached hydrogens (tertiary/aromatic N) is 3. The van der Waals surface area contributed by atoms with Crippen molar-refractivity contribution in [2.24, 2.45) is 7.05 Å². The standard InChI is InChI=1S/C16H21N3O3S/c1-12-17-16(10-18(12)2)23(20,21)19(3)9-15-8-13-6-4-5-7-14(13)11-22-15/h4-7,10,15H,8-9,11H2,1-3H3/t15-/m1/s1. The molecule has 2 aromatic rings. The van der Waals surface area contributed by atoms with Crippen molar-refractivity contribution in [1.29, 1.82) is 0 Å². The number of aryl methyl sites for hydroxylation is 2. The summed E-state index contributed by atoms with van der Waals surface area (Å²) in [5, 5.41) is 0.0798. The van der Waals surface area contributed by atoms with E-state index in [0.717, 1.165) is 6.42 Å². The summed E-state index contributed by atoms with van der Waals surface area (Å²) in [6.45, 7) is 2.61. The molecule has 23 heavy (non-hydrogen) atoms. The van der Waals surface area contributed by atoms with Gasteiger partial charge in [0, 0.05) is 33.3 Å². The van der Waals surface area contributed by atoms with Gasteiger partial charge >= 0.3 is 0 Å². The molecule has 1 aliphatic heterocycles. The number of aromatic nitrogens is 2. The predicted octanol–water partition coefficient (Wildman–Crippen LogP) is 1.49. The molecule has 0 spiro atoms. The van der Waals surface area contributed by atoms with Gasteiger partial charge in [0.15, 0.2) is 5.03 Å². The third kappa shape index (κ3) is 3.17. The Morgan fingerprint density at radius 2 is 2.04 bits per heavy atom. The molecule has 0 unspecified atom stereocenters. The third-order valence-corrected chi connectivity index (χ3v) is 5.96. The molecular formula is C16H21N3O3S. The number of likely N-dealkylation sites (N-methyl/N-ethyl adjacent to an activating group) is 1. The fourth-order valence-electron chi connectivity index (χ4n) is 2.72. The molecule has 1 atom stereocenters. The Kier molecular flexibility index (Phi) is 4.27. The second-order valence-electron chi connectivity index (χ2n) is 5.93. The molecule has 7 heteroatoms. The van der Waals surface area contributed by atoms with Gasteiger partial charge < -0.3 is 9.30 Å². The van der Waals surface area contributed by atoms with Crippen LogP contribution in [-0.2, 0) is 34.8 Å². The summed E-state index contributed by atoms with van der Waals surface area (Å²) in [6.07, 6.45) is 2.12. The van der Waals surface area contributed by atoms with Crippen LogP contribution in [0.5, 0.6) is 0 Å². The van der Waals surface area contributed by atoms with Crippen LogP contribution in [0.3, 0.4) is 0 Å². The maximum absolute atomic E-state index is 12.6. The lowest BCUT2D eigenvalue weighted by Crippen LogP contribution is -2.38. The third-order valence-electron chi connectivity index (χ3n) is 4.26. The highest BCUT2D eigenvalue weighted by molar-refractivity contribution is 7.89. The average Bonchev–Trinajstić information content (AvgIpc) is 2.87. The smallest absolute Gasteiger partial charge is 0.261 e. The Morgan fingerprint density at radius 1 is 1.35 bits per heavy atom. The molecule has 0 saturated carbocycles. The Labute approximate surface area is 136 Å². The van der Waals surface area contributed by atoms with Gasteiger partial charge in [-0.15, -0.1) is 0 Å². The molecule has 1 aromatic carbocycles. The van der Waals surface area contributed by atoms with Gasteiger partial charge in [0.1, 0.15) is 5.82 Å². The summed E-state index contributed by atoms with van der Waals surface area (Å²) in [5.41, 5.74) is 2.40. The molecule has 0 bridgehead atoms. The first-order valence-electron chi connectivity index (χ1n) is 7.52. The summed E-state index contributed by atoms with van der Waals surface area (Å²) in [7, 11) is -0.243. The summed E-state index contributed by atoms with van der Waals surface area (Å²) in [5.74, 6) is 0.666. The van der Waals surface area contributed by atoms with E-state index < -0.39 is 10.0 Å². The van der Waals surface area contributed by atoms with Crippen LogP contribution >= 0.6 is 0 Å². The van der Waals surface area contributed by atoms with Crippen LogP contribution in [0, 0.1) is 6.92 Å². The summed E-state index contributed by atoms with van der Waals surface area (Å²) >= 11 is 0. The summed E-state index contributed by atoms with van der Waals surface area (Å²) in [6, 6.07) is 8.10. The minimum Gasteiger partial charge on any atom is -0.372 e. The van der Waals surface area contributed by atoms with Crippen LogP contribution in [-0.4, -0.2) is 42.0 Å². The van der Waals surface area contributed by atoms with E-state index in [1.165, 1.54) is 21.6 Å². The number of rotatable bonds is 4. The van der Waals surface area contributed by atoms with Crippen LogP contribution in [0.15, 0.2) is 35.5 Å². The highest BCUT2D eigenvalue weighted by atomic mass is 32.2. The fraction of sp³-hybridized carbons (Fsp3) is 0.438. The second-order valence-corrected chi connectivity index (χ2v) is 7.92. The maximum Gasteiger partial charge on any atom is 0.261 e. The van der Waals surface area contributed by atoms with E-state index in [4.69, 9.17) is 4.74 Å². The monoisotopic (exact) mass is 335 g/mol. The van der Waals surface area contributed by atoms with Crippen LogP contribution in [0.4, 0.5) is 0 Å². The largest absolute Gasteiger partial charge is 0.372 e. The number of ether oxygens (including phenoxy) is 1. The minimum atomic E-state index is -3.60. The molecule has 1 aliphatic rings. The Balaban J connectivity index is 1.73. The quantitative estimate of drug-likeness (QED) is 0.849. The van der Waals surface area contributed by atoms with Gasteiger partial charge in [-0.3, -0.25) is 0 Å². The topological polar surface area (TPSA) is 64.4 Å². The number of hydrogen-bond donors (Lipinski definition) is 0. The molecule has 6 nitrogen and oxygen atoms in total. The molecule has 0 aliphatic carbocycles. The first-order chi connectivity index (χ1) is 10.9. The molecule has 0 saturated heterocycles. The van der Waals surface area contributed by atoms with Crippen molar-refractivity contribution < 1.29 is 13.2 Å². The normalized spacial score (nSPS) is 18.2. The highest BCUT2D eigenvalue weighted by Gasteiger charge is 2.28. The van der Waals surface area contributed by atoms with Gasteiger partial charge in [-0.05, 0) is 18.1 Å². The average molecular weight is 335 g/mol. The lowest BCUT2D eigenvalue weighted by molar-refractivity contribution is 0.0202. The Morgan fingerprint density at radius 3 is 2.70 bits per heavy atom. The van der Waals surface area contributed by atoms with Gasteiger partial charge in [0.2, 0.25) is 0 Å². The van der Waals surface area contributed by atoms with Gasteiger partial charge in [-0.2, -0.15) is 4.31 Å². The summed E-state index contributed by atoms with van der Waals surface area (Å²) in [4.78, 5) is 4.12. The van der Waals surface area contributed by atoms with Crippen molar-refractivity contribution in [2.75, 3.05) is 13.6 Å². The molecule has 1 aromatic heterocycles. The molecular weight excluding hydrogens is 314 g/mol. The van der Waals surface area contributed by atoms with Crippen LogP contribution in [0.1, 0.15) is 17.0 Å². The van der Waals surface area contributed by atoms with Crippen LogP contribution < -0.4 is 0 Å². The number of hydrogen-bond acceptors (Lipinski definition) is 4. The zero-order valence-electron chi connectivity index (χ0n) is 13.6. The molecule has 0 fully saturated rings. The minimum absolute atomic E-state index is 0.0798. The van der Waals surface area contributed by atoms with Gasteiger partial charge in [-0.1, -0.05) is 24.3 Å². The van der Waals surface area contributed by atoms with Crippen molar-refractivity contribution in [1.82, 2.24) is 13.9 Å². The lowest BCUT2D eigenvalue weighted by Gasteiger charge is -2.28. The Bertz CT molecular complexity index is 794. The molecule has 3 rings (SSSR count). The van der Waals surface area contributed by atoms with Crippen molar-refractivity contribution in [3.8, 4) is 0 Å². The predicted molar refractivity (Wildman–Crippen MR) is 86.5 cm³/mol.